The monoisotopic (exact) mass is 394 g/mol. The number of carbonyl (C=O) groups is 1. The van der Waals surface area contributed by atoms with Gasteiger partial charge in [0.05, 0.1) is 19.3 Å². The Bertz CT molecular complexity index is 792. The number of morpholine rings is 1. The second-order valence-electron chi connectivity index (χ2n) is 8.03. The predicted molar refractivity (Wildman–Crippen MR) is 112 cm³/mol. The van der Waals surface area contributed by atoms with Gasteiger partial charge in [0.1, 0.15) is 5.60 Å². The highest BCUT2D eigenvalue weighted by Gasteiger charge is 2.46. The highest BCUT2D eigenvalue weighted by Crippen LogP contribution is 2.36. The number of hydrogen-bond donors (Lipinski definition) is 1. The molecule has 0 unspecified atom stereocenters. The van der Waals surface area contributed by atoms with E-state index in [1.165, 1.54) is 5.56 Å². The van der Waals surface area contributed by atoms with E-state index >= 15 is 0 Å². The smallest absolute Gasteiger partial charge is 0.222 e. The lowest BCUT2D eigenvalue weighted by Crippen LogP contribution is -2.63. The molecule has 0 spiro atoms. The number of hydrogen-bond acceptors (Lipinski definition) is 4. The molecule has 2 heterocycles. The van der Waals surface area contributed by atoms with E-state index in [1.807, 2.05) is 53.4 Å². The Hall–Kier alpha value is -2.21. The Morgan fingerprint density at radius 3 is 2.34 bits per heavy atom. The fourth-order valence-corrected chi connectivity index (χ4v) is 4.57. The van der Waals surface area contributed by atoms with Crippen molar-refractivity contribution in [2.24, 2.45) is 0 Å². The summed E-state index contributed by atoms with van der Waals surface area (Å²) in [6, 6.07) is 19.9. The standard InChI is InChI=1S/C24H30N2O3/c27-23(12-11-20-7-3-1-4-8-20)26-14-13-24(28,21-9-5-2-6-10-21)22(19-26)25-15-17-29-18-16-25/h1-10,22,28H,11-19H2/t22-,24+/m1/s1. The quantitative estimate of drug-likeness (QED) is 0.846. The molecule has 0 aromatic heterocycles. The highest BCUT2D eigenvalue weighted by atomic mass is 16.5. The fourth-order valence-electron chi connectivity index (χ4n) is 4.57. The van der Waals surface area contributed by atoms with Crippen LogP contribution in [-0.2, 0) is 21.6 Å². The number of ether oxygens (including phenoxy) is 1. The number of aryl methyl sites for hydroxylation is 1. The molecule has 2 fully saturated rings. The minimum Gasteiger partial charge on any atom is -0.383 e. The van der Waals surface area contributed by atoms with E-state index in [-0.39, 0.29) is 11.9 Å². The number of aliphatic hydroxyl groups is 1. The average molecular weight is 395 g/mol. The average Bonchev–Trinajstić information content (AvgIpc) is 2.79. The number of piperidine rings is 1. The Morgan fingerprint density at radius 2 is 1.66 bits per heavy atom. The minimum atomic E-state index is -0.950. The molecule has 0 bridgehead atoms. The number of benzene rings is 2. The fraction of sp³-hybridized carbons (Fsp3) is 0.458. The summed E-state index contributed by atoms with van der Waals surface area (Å²) < 4.78 is 5.52. The van der Waals surface area contributed by atoms with Crippen LogP contribution in [0.3, 0.4) is 0 Å². The van der Waals surface area contributed by atoms with Crippen LogP contribution in [-0.4, -0.2) is 66.2 Å². The van der Waals surface area contributed by atoms with Crippen molar-refractivity contribution in [2.45, 2.75) is 30.9 Å². The first-order valence-corrected chi connectivity index (χ1v) is 10.6. The summed E-state index contributed by atoms with van der Waals surface area (Å²) in [7, 11) is 0. The predicted octanol–water partition coefficient (Wildman–Crippen LogP) is 2.44. The molecular weight excluding hydrogens is 364 g/mol. The zero-order valence-corrected chi connectivity index (χ0v) is 16.9. The van der Waals surface area contributed by atoms with Gasteiger partial charge in [0, 0.05) is 32.6 Å². The summed E-state index contributed by atoms with van der Waals surface area (Å²) in [5, 5.41) is 11.7. The molecule has 0 saturated carbocycles. The lowest BCUT2D eigenvalue weighted by molar-refractivity contribution is -0.147. The van der Waals surface area contributed by atoms with Gasteiger partial charge in [-0.15, -0.1) is 0 Å². The lowest BCUT2D eigenvalue weighted by Gasteiger charge is -2.50. The van der Waals surface area contributed by atoms with Gasteiger partial charge in [-0.25, -0.2) is 0 Å². The Morgan fingerprint density at radius 1 is 1.00 bits per heavy atom. The first-order chi connectivity index (χ1) is 14.2. The van der Waals surface area contributed by atoms with E-state index in [0.717, 1.165) is 25.1 Å². The lowest BCUT2D eigenvalue weighted by atomic mass is 9.79. The van der Waals surface area contributed by atoms with Crippen LogP contribution in [0.5, 0.6) is 0 Å². The van der Waals surface area contributed by atoms with Gasteiger partial charge in [0.25, 0.3) is 0 Å². The Kier molecular flexibility index (Phi) is 6.28. The largest absolute Gasteiger partial charge is 0.383 e. The second-order valence-corrected chi connectivity index (χ2v) is 8.03. The molecular formula is C24H30N2O3. The zero-order chi connectivity index (χ0) is 20.1. The SMILES string of the molecule is O=C(CCc1ccccc1)N1CC[C@](O)(c2ccccc2)[C@H](N2CCOCC2)C1. The summed E-state index contributed by atoms with van der Waals surface area (Å²) in [4.78, 5) is 17.2. The molecule has 0 radical (unpaired) electrons. The van der Waals surface area contributed by atoms with Crippen LogP contribution in [0, 0.1) is 0 Å². The van der Waals surface area contributed by atoms with Crippen molar-refractivity contribution in [1.82, 2.24) is 9.80 Å². The summed E-state index contributed by atoms with van der Waals surface area (Å²) in [5.74, 6) is 0.169. The maximum absolute atomic E-state index is 12.9. The minimum absolute atomic E-state index is 0.122. The summed E-state index contributed by atoms with van der Waals surface area (Å²) in [5.41, 5.74) is 1.17. The molecule has 0 aliphatic carbocycles. The van der Waals surface area contributed by atoms with Gasteiger partial charge < -0.3 is 14.7 Å². The van der Waals surface area contributed by atoms with Crippen LogP contribution in [0.4, 0.5) is 0 Å². The van der Waals surface area contributed by atoms with Crippen LogP contribution in [0.25, 0.3) is 0 Å². The Labute approximate surface area is 172 Å². The van der Waals surface area contributed by atoms with Crippen LogP contribution in [0.1, 0.15) is 24.0 Å². The van der Waals surface area contributed by atoms with Gasteiger partial charge in [-0.1, -0.05) is 60.7 Å². The van der Waals surface area contributed by atoms with Crippen LogP contribution in [0.2, 0.25) is 0 Å². The summed E-state index contributed by atoms with van der Waals surface area (Å²) >= 11 is 0. The maximum atomic E-state index is 12.9. The molecule has 2 aliphatic rings. The number of likely N-dealkylation sites (tertiary alicyclic amines) is 1. The Balaban J connectivity index is 1.49. The molecule has 2 aliphatic heterocycles. The third-order valence-corrected chi connectivity index (χ3v) is 6.29. The van der Waals surface area contributed by atoms with E-state index < -0.39 is 5.60 Å². The molecule has 5 nitrogen and oxygen atoms in total. The highest BCUT2D eigenvalue weighted by molar-refractivity contribution is 5.76. The number of nitrogens with zero attached hydrogens (tertiary/aromatic N) is 2. The van der Waals surface area contributed by atoms with Crippen molar-refractivity contribution >= 4 is 5.91 Å². The van der Waals surface area contributed by atoms with Crippen molar-refractivity contribution in [2.75, 3.05) is 39.4 Å². The topological polar surface area (TPSA) is 53.0 Å². The number of amides is 1. The third kappa shape index (κ3) is 4.53. The molecule has 29 heavy (non-hydrogen) atoms. The molecule has 2 aromatic rings. The molecule has 5 heteroatoms. The van der Waals surface area contributed by atoms with Gasteiger partial charge in [-0.3, -0.25) is 9.69 Å². The summed E-state index contributed by atoms with van der Waals surface area (Å²) in [6.07, 6.45) is 1.81. The molecule has 4 rings (SSSR count). The van der Waals surface area contributed by atoms with E-state index in [9.17, 15) is 9.90 Å². The zero-order valence-electron chi connectivity index (χ0n) is 16.9. The first-order valence-electron chi connectivity index (χ1n) is 10.6. The number of rotatable bonds is 5. The molecule has 2 saturated heterocycles. The summed E-state index contributed by atoms with van der Waals surface area (Å²) in [6.45, 7) is 4.04. The normalized spacial score (nSPS) is 25.7. The number of carbonyl (C=O) groups excluding carboxylic acids is 1. The van der Waals surface area contributed by atoms with Crippen LogP contribution < -0.4 is 0 Å². The molecule has 1 amide bonds. The first kappa shape index (κ1) is 20.1. The van der Waals surface area contributed by atoms with Crippen molar-refractivity contribution in [1.29, 1.82) is 0 Å². The van der Waals surface area contributed by atoms with Crippen LogP contribution >= 0.6 is 0 Å². The molecule has 2 atom stereocenters. The van der Waals surface area contributed by atoms with Crippen molar-refractivity contribution < 1.29 is 14.6 Å². The van der Waals surface area contributed by atoms with Gasteiger partial charge >= 0.3 is 0 Å². The van der Waals surface area contributed by atoms with Gasteiger partial charge in [-0.2, -0.15) is 0 Å². The van der Waals surface area contributed by atoms with E-state index in [1.54, 1.807) is 0 Å². The van der Waals surface area contributed by atoms with Crippen LogP contribution in [0.15, 0.2) is 60.7 Å². The van der Waals surface area contributed by atoms with Gasteiger partial charge in [0.2, 0.25) is 5.91 Å². The van der Waals surface area contributed by atoms with Crippen molar-refractivity contribution in [3.8, 4) is 0 Å². The third-order valence-electron chi connectivity index (χ3n) is 6.29. The van der Waals surface area contributed by atoms with Gasteiger partial charge in [-0.05, 0) is 24.0 Å². The molecule has 154 valence electrons. The van der Waals surface area contributed by atoms with Crippen molar-refractivity contribution in [3.05, 3.63) is 71.8 Å². The van der Waals surface area contributed by atoms with E-state index in [4.69, 9.17) is 4.74 Å². The maximum Gasteiger partial charge on any atom is 0.222 e. The molecule has 2 aromatic carbocycles. The molecule has 1 N–H and O–H groups in total. The van der Waals surface area contributed by atoms with E-state index in [2.05, 4.69) is 17.0 Å². The van der Waals surface area contributed by atoms with Crippen molar-refractivity contribution in [3.63, 3.8) is 0 Å². The van der Waals surface area contributed by atoms with E-state index in [0.29, 0.717) is 39.1 Å². The second kappa shape index (κ2) is 9.08. The van der Waals surface area contributed by atoms with Gasteiger partial charge in [0.15, 0.2) is 0 Å².